The first kappa shape index (κ1) is 11.4. The van der Waals surface area contributed by atoms with Gasteiger partial charge in [0.05, 0.1) is 13.2 Å². The third-order valence-electron chi connectivity index (χ3n) is 3.72. The molecule has 18 heavy (non-hydrogen) atoms. The number of hydrogen-bond acceptors (Lipinski definition) is 3. The number of carboxylic acid groups (broad SMARTS) is 1. The van der Waals surface area contributed by atoms with Gasteiger partial charge in [0, 0.05) is 11.1 Å². The molecule has 2 aliphatic rings. The van der Waals surface area contributed by atoms with Gasteiger partial charge >= 0.3 is 5.97 Å². The van der Waals surface area contributed by atoms with Gasteiger partial charge in [-0.25, -0.2) is 4.79 Å². The minimum Gasteiger partial charge on any atom is -0.493 e. The molecule has 4 nitrogen and oxygen atoms in total. The standard InChI is InChI=1S/C14H16O4/c1-8-9-4-2-7-18-13(9)11(14(15)16)10-5-3-6-17-12(8)10/h2-7H2,1H3,(H,15,16). The van der Waals surface area contributed by atoms with Crippen LogP contribution in [0, 0.1) is 6.92 Å². The normalized spacial score (nSPS) is 17.2. The second kappa shape index (κ2) is 4.19. The maximum atomic E-state index is 11.5. The van der Waals surface area contributed by atoms with Gasteiger partial charge in [0.2, 0.25) is 0 Å². The molecule has 1 aromatic rings. The Morgan fingerprint density at radius 1 is 1.06 bits per heavy atom. The van der Waals surface area contributed by atoms with Crippen molar-refractivity contribution in [3.63, 3.8) is 0 Å². The number of rotatable bonds is 1. The first-order chi connectivity index (χ1) is 8.70. The Morgan fingerprint density at radius 3 is 2.33 bits per heavy atom. The van der Waals surface area contributed by atoms with Gasteiger partial charge in [-0.05, 0) is 38.2 Å². The van der Waals surface area contributed by atoms with E-state index in [1.807, 2.05) is 6.92 Å². The van der Waals surface area contributed by atoms with E-state index in [9.17, 15) is 9.90 Å². The van der Waals surface area contributed by atoms with Gasteiger partial charge in [-0.15, -0.1) is 0 Å². The molecule has 0 spiro atoms. The van der Waals surface area contributed by atoms with Crippen LogP contribution in [0.25, 0.3) is 0 Å². The molecule has 0 atom stereocenters. The van der Waals surface area contributed by atoms with Crippen molar-refractivity contribution in [3.8, 4) is 11.5 Å². The molecule has 2 heterocycles. The lowest BCUT2D eigenvalue weighted by Gasteiger charge is -2.28. The average Bonchev–Trinajstić information content (AvgIpc) is 2.39. The van der Waals surface area contributed by atoms with Crippen molar-refractivity contribution in [2.75, 3.05) is 13.2 Å². The van der Waals surface area contributed by atoms with E-state index in [4.69, 9.17) is 9.47 Å². The highest BCUT2D eigenvalue weighted by Crippen LogP contribution is 2.42. The van der Waals surface area contributed by atoms with Crippen LogP contribution in [0.2, 0.25) is 0 Å². The van der Waals surface area contributed by atoms with E-state index in [-0.39, 0.29) is 0 Å². The summed E-state index contributed by atoms with van der Waals surface area (Å²) in [5, 5.41) is 9.45. The number of benzene rings is 1. The SMILES string of the molecule is Cc1c2c(c(C(=O)O)c3c1OCCC3)OCCC2. The van der Waals surface area contributed by atoms with Crippen LogP contribution in [0.3, 0.4) is 0 Å². The van der Waals surface area contributed by atoms with Crippen LogP contribution in [0.1, 0.15) is 39.9 Å². The van der Waals surface area contributed by atoms with Crippen LogP contribution in [-0.4, -0.2) is 24.3 Å². The highest BCUT2D eigenvalue weighted by Gasteiger charge is 2.30. The first-order valence-corrected chi connectivity index (χ1v) is 6.37. The molecule has 0 aromatic heterocycles. The van der Waals surface area contributed by atoms with Crippen LogP contribution in [0.15, 0.2) is 0 Å². The van der Waals surface area contributed by atoms with E-state index >= 15 is 0 Å². The zero-order valence-corrected chi connectivity index (χ0v) is 10.4. The molecule has 0 unspecified atom stereocenters. The Balaban J connectivity index is 2.31. The van der Waals surface area contributed by atoms with Crippen molar-refractivity contribution in [1.29, 1.82) is 0 Å². The van der Waals surface area contributed by atoms with Gasteiger partial charge in [-0.3, -0.25) is 0 Å². The molecule has 0 aliphatic carbocycles. The first-order valence-electron chi connectivity index (χ1n) is 6.37. The Morgan fingerprint density at radius 2 is 1.67 bits per heavy atom. The maximum Gasteiger partial charge on any atom is 0.339 e. The third-order valence-corrected chi connectivity index (χ3v) is 3.72. The van der Waals surface area contributed by atoms with E-state index in [2.05, 4.69) is 0 Å². The fourth-order valence-electron chi connectivity index (χ4n) is 2.90. The zero-order chi connectivity index (χ0) is 12.7. The molecule has 4 heteroatoms. The minimum atomic E-state index is -0.907. The molecular formula is C14H16O4. The van der Waals surface area contributed by atoms with Gasteiger partial charge in [0.25, 0.3) is 0 Å². The van der Waals surface area contributed by atoms with Crippen molar-refractivity contribution in [1.82, 2.24) is 0 Å². The van der Waals surface area contributed by atoms with Crippen LogP contribution in [0.5, 0.6) is 11.5 Å². The molecule has 0 radical (unpaired) electrons. The van der Waals surface area contributed by atoms with Gasteiger partial charge < -0.3 is 14.6 Å². The topological polar surface area (TPSA) is 55.8 Å². The van der Waals surface area contributed by atoms with Crippen LogP contribution in [0.4, 0.5) is 0 Å². The average molecular weight is 248 g/mol. The van der Waals surface area contributed by atoms with E-state index in [1.165, 1.54) is 0 Å². The minimum absolute atomic E-state index is 0.324. The predicted octanol–water partition coefficient (Wildman–Crippen LogP) is 2.34. The van der Waals surface area contributed by atoms with Gasteiger partial charge in [-0.1, -0.05) is 0 Å². The molecule has 0 bridgehead atoms. The van der Waals surface area contributed by atoms with Crippen molar-refractivity contribution < 1.29 is 19.4 Å². The summed E-state index contributed by atoms with van der Waals surface area (Å²) in [5.74, 6) is 0.452. The van der Waals surface area contributed by atoms with Crippen molar-refractivity contribution in [2.24, 2.45) is 0 Å². The molecule has 3 rings (SSSR count). The summed E-state index contributed by atoms with van der Waals surface area (Å²) in [7, 11) is 0. The summed E-state index contributed by atoms with van der Waals surface area (Å²) in [4.78, 5) is 11.5. The number of fused-ring (bicyclic) bond motifs is 2. The lowest BCUT2D eigenvalue weighted by molar-refractivity contribution is 0.0688. The van der Waals surface area contributed by atoms with E-state index in [0.29, 0.717) is 24.5 Å². The van der Waals surface area contributed by atoms with Crippen LogP contribution >= 0.6 is 0 Å². The molecular weight excluding hydrogens is 232 g/mol. The summed E-state index contributed by atoms with van der Waals surface area (Å²) in [6, 6.07) is 0. The van der Waals surface area contributed by atoms with Gasteiger partial charge in [0.15, 0.2) is 0 Å². The molecule has 2 aliphatic heterocycles. The Bertz CT molecular complexity index is 482. The molecule has 96 valence electrons. The molecule has 0 amide bonds. The van der Waals surface area contributed by atoms with Crippen molar-refractivity contribution in [2.45, 2.75) is 32.6 Å². The Labute approximate surface area is 106 Å². The highest BCUT2D eigenvalue weighted by molar-refractivity contribution is 5.95. The predicted molar refractivity (Wildman–Crippen MR) is 65.8 cm³/mol. The number of hydrogen-bond donors (Lipinski definition) is 1. The van der Waals surface area contributed by atoms with E-state index in [1.54, 1.807) is 0 Å². The number of aromatic carboxylic acids is 1. The number of carboxylic acids is 1. The Hall–Kier alpha value is -1.71. The van der Waals surface area contributed by atoms with Crippen molar-refractivity contribution in [3.05, 3.63) is 22.3 Å². The number of ether oxygens (including phenoxy) is 2. The molecule has 1 aromatic carbocycles. The zero-order valence-electron chi connectivity index (χ0n) is 10.4. The van der Waals surface area contributed by atoms with Crippen LogP contribution < -0.4 is 9.47 Å². The molecule has 0 saturated carbocycles. The fraction of sp³-hybridized carbons (Fsp3) is 0.500. The second-order valence-corrected chi connectivity index (χ2v) is 4.82. The van der Waals surface area contributed by atoms with Gasteiger partial charge in [-0.2, -0.15) is 0 Å². The third kappa shape index (κ3) is 1.55. The summed E-state index contributed by atoms with van der Waals surface area (Å²) < 4.78 is 11.3. The summed E-state index contributed by atoms with van der Waals surface area (Å²) in [6.07, 6.45) is 3.43. The summed E-state index contributed by atoms with van der Waals surface area (Å²) in [5.41, 5.74) is 3.21. The highest BCUT2D eigenvalue weighted by atomic mass is 16.5. The maximum absolute atomic E-state index is 11.5. The molecule has 0 saturated heterocycles. The number of carbonyl (C=O) groups is 1. The summed E-state index contributed by atoms with van der Waals surface area (Å²) in [6.45, 7) is 3.28. The lowest BCUT2D eigenvalue weighted by Crippen LogP contribution is -2.20. The van der Waals surface area contributed by atoms with E-state index in [0.717, 1.165) is 48.1 Å². The summed E-state index contributed by atoms with van der Waals surface area (Å²) >= 11 is 0. The largest absolute Gasteiger partial charge is 0.493 e. The van der Waals surface area contributed by atoms with Gasteiger partial charge in [0.1, 0.15) is 17.1 Å². The van der Waals surface area contributed by atoms with E-state index < -0.39 is 5.97 Å². The second-order valence-electron chi connectivity index (χ2n) is 4.82. The smallest absolute Gasteiger partial charge is 0.339 e. The van der Waals surface area contributed by atoms with Crippen LogP contribution in [-0.2, 0) is 12.8 Å². The monoisotopic (exact) mass is 248 g/mol. The molecule has 0 fully saturated rings. The Kier molecular flexibility index (Phi) is 2.65. The fourth-order valence-corrected chi connectivity index (χ4v) is 2.90. The lowest BCUT2D eigenvalue weighted by atomic mass is 9.89. The van der Waals surface area contributed by atoms with Crippen molar-refractivity contribution >= 4 is 5.97 Å². The quantitative estimate of drug-likeness (QED) is 0.828. The molecule has 1 N–H and O–H groups in total.